The minimum Gasteiger partial charge on any atom is -0.480 e. The standard InChI is InChI=1S/C23H32N2O3/c1-16(2)18-5-3-17(4-6-18)14-24-11-9-23(10-12-24)13-20(22(27)28)25(15-23)21(26)19-7-8-19/h3-6,16,19-20H,7-15H2,1-2H3,(H,27,28)/t20-/m1/s1. The molecule has 3 fully saturated rings. The van der Waals surface area contributed by atoms with E-state index >= 15 is 0 Å². The number of carbonyl (C=O) groups is 2. The SMILES string of the molecule is CC(C)c1ccc(CN2CCC3(CC2)C[C@H](C(=O)O)N(C(=O)C2CC2)C3)cc1. The first-order chi connectivity index (χ1) is 13.4. The second-order valence-corrected chi connectivity index (χ2v) is 9.47. The number of amides is 1. The Balaban J connectivity index is 1.36. The molecule has 1 atom stereocenters. The maximum Gasteiger partial charge on any atom is 0.326 e. The number of carbonyl (C=O) groups excluding carboxylic acids is 1. The van der Waals surface area contributed by atoms with Crippen molar-refractivity contribution >= 4 is 11.9 Å². The number of hydrogen-bond donors (Lipinski definition) is 1. The summed E-state index contributed by atoms with van der Waals surface area (Å²) in [5, 5.41) is 9.65. The molecule has 1 saturated carbocycles. The highest BCUT2D eigenvalue weighted by molar-refractivity contribution is 5.87. The first-order valence-corrected chi connectivity index (χ1v) is 10.7. The number of nitrogens with zero attached hydrogens (tertiary/aromatic N) is 2. The molecule has 5 heteroatoms. The highest BCUT2D eigenvalue weighted by Crippen LogP contribution is 2.45. The van der Waals surface area contributed by atoms with Crippen LogP contribution in [0.4, 0.5) is 0 Å². The lowest BCUT2D eigenvalue weighted by Crippen LogP contribution is -2.43. The fourth-order valence-electron chi connectivity index (χ4n) is 4.89. The normalized spacial score (nSPS) is 24.8. The van der Waals surface area contributed by atoms with Gasteiger partial charge in [-0.2, -0.15) is 0 Å². The zero-order valence-electron chi connectivity index (χ0n) is 17.1. The molecule has 5 nitrogen and oxygen atoms in total. The quantitative estimate of drug-likeness (QED) is 0.844. The van der Waals surface area contributed by atoms with Crippen LogP contribution < -0.4 is 0 Å². The zero-order chi connectivity index (χ0) is 19.9. The molecule has 1 aromatic rings. The van der Waals surface area contributed by atoms with Gasteiger partial charge in [0, 0.05) is 19.0 Å². The van der Waals surface area contributed by atoms with Gasteiger partial charge in [-0.15, -0.1) is 0 Å². The molecule has 4 rings (SSSR count). The molecule has 2 saturated heterocycles. The summed E-state index contributed by atoms with van der Waals surface area (Å²) in [5.74, 6) is -0.115. The van der Waals surface area contributed by atoms with Crippen molar-refractivity contribution in [2.24, 2.45) is 11.3 Å². The van der Waals surface area contributed by atoms with Crippen molar-refractivity contribution in [1.82, 2.24) is 9.80 Å². The van der Waals surface area contributed by atoms with Crippen molar-refractivity contribution in [3.8, 4) is 0 Å². The van der Waals surface area contributed by atoms with E-state index in [1.807, 2.05) is 0 Å². The zero-order valence-corrected chi connectivity index (χ0v) is 17.1. The Kier molecular flexibility index (Phi) is 5.21. The first kappa shape index (κ1) is 19.4. The van der Waals surface area contributed by atoms with Crippen LogP contribution in [0.3, 0.4) is 0 Å². The van der Waals surface area contributed by atoms with Gasteiger partial charge in [0.05, 0.1) is 0 Å². The fourth-order valence-corrected chi connectivity index (χ4v) is 4.89. The van der Waals surface area contributed by atoms with Crippen LogP contribution in [-0.2, 0) is 16.1 Å². The van der Waals surface area contributed by atoms with Crippen molar-refractivity contribution in [3.63, 3.8) is 0 Å². The van der Waals surface area contributed by atoms with E-state index in [1.54, 1.807) is 4.90 Å². The molecular formula is C23H32N2O3. The van der Waals surface area contributed by atoms with E-state index in [-0.39, 0.29) is 17.2 Å². The molecule has 1 aromatic carbocycles. The molecule has 0 radical (unpaired) electrons. The summed E-state index contributed by atoms with van der Waals surface area (Å²) in [6, 6.07) is 8.28. The van der Waals surface area contributed by atoms with E-state index in [0.717, 1.165) is 45.3 Å². The lowest BCUT2D eigenvalue weighted by Gasteiger charge is -2.39. The van der Waals surface area contributed by atoms with Crippen LogP contribution in [0.25, 0.3) is 0 Å². The molecule has 0 aromatic heterocycles. The van der Waals surface area contributed by atoms with Crippen molar-refractivity contribution in [2.75, 3.05) is 19.6 Å². The second kappa shape index (κ2) is 7.51. The monoisotopic (exact) mass is 384 g/mol. The molecule has 1 amide bonds. The highest BCUT2D eigenvalue weighted by atomic mass is 16.4. The third-order valence-corrected chi connectivity index (χ3v) is 6.97. The molecular weight excluding hydrogens is 352 g/mol. The Bertz CT molecular complexity index is 731. The number of carboxylic acids is 1. The number of carboxylic acid groups (broad SMARTS) is 1. The molecule has 0 unspecified atom stereocenters. The number of rotatable bonds is 5. The lowest BCUT2D eigenvalue weighted by molar-refractivity contribution is -0.148. The minimum absolute atomic E-state index is 0.00833. The topological polar surface area (TPSA) is 60.9 Å². The van der Waals surface area contributed by atoms with Crippen LogP contribution in [-0.4, -0.2) is 52.5 Å². The Morgan fingerprint density at radius 3 is 2.32 bits per heavy atom. The third kappa shape index (κ3) is 3.95. The van der Waals surface area contributed by atoms with Crippen molar-refractivity contribution in [1.29, 1.82) is 0 Å². The number of hydrogen-bond acceptors (Lipinski definition) is 3. The molecule has 2 aliphatic heterocycles. The third-order valence-electron chi connectivity index (χ3n) is 6.97. The lowest BCUT2D eigenvalue weighted by atomic mass is 9.76. The maximum atomic E-state index is 12.6. The average molecular weight is 385 g/mol. The van der Waals surface area contributed by atoms with Crippen LogP contribution in [0.1, 0.15) is 63.0 Å². The Morgan fingerprint density at radius 2 is 1.79 bits per heavy atom. The number of benzene rings is 1. The van der Waals surface area contributed by atoms with Crippen LogP contribution in [0.15, 0.2) is 24.3 Å². The van der Waals surface area contributed by atoms with Gasteiger partial charge >= 0.3 is 5.97 Å². The molecule has 2 heterocycles. The molecule has 3 aliphatic rings. The van der Waals surface area contributed by atoms with E-state index in [1.165, 1.54) is 11.1 Å². The van der Waals surface area contributed by atoms with Gasteiger partial charge in [-0.05, 0) is 67.7 Å². The van der Waals surface area contributed by atoms with Gasteiger partial charge in [0.2, 0.25) is 5.91 Å². The number of piperidine rings is 1. The van der Waals surface area contributed by atoms with E-state index in [4.69, 9.17) is 0 Å². The van der Waals surface area contributed by atoms with Crippen molar-refractivity contribution < 1.29 is 14.7 Å². The Morgan fingerprint density at radius 1 is 1.14 bits per heavy atom. The summed E-state index contributed by atoms with van der Waals surface area (Å²) >= 11 is 0. The largest absolute Gasteiger partial charge is 0.480 e. The van der Waals surface area contributed by atoms with Crippen LogP contribution in [0, 0.1) is 11.3 Å². The van der Waals surface area contributed by atoms with E-state index in [9.17, 15) is 14.7 Å². The number of likely N-dealkylation sites (tertiary alicyclic amines) is 2. The Hall–Kier alpha value is -1.88. The Labute approximate surface area is 167 Å². The van der Waals surface area contributed by atoms with Crippen molar-refractivity contribution in [3.05, 3.63) is 35.4 Å². The van der Waals surface area contributed by atoms with Crippen LogP contribution in [0.2, 0.25) is 0 Å². The van der Waals surface area contributed by atoms with Gasteiger partial charge in [-0.25, -0.2) is 4.79 Å². The average Bonchev–Trinajstić information content (AvgIpc) is 3.46. The summed E-state index contributed by atoms with van der Waals surface area (Å²) in [7, 11) is 0. The molecule has 1 N–H and O–H groups in total. The summed E-state index contributed by atoms with van der Waals surface area (Å²) in [6.45, 7) is 7.95. The summed E-state index contributed by atoms with van der Waals surface area (Å²) in [6.07, 6.45) is 4.44. The molecule has 1 aliphatic carbocycles. The van der Waals surface area contributed by atoms with Crippen LogP contribution in [0.5, 0.6) is 0 Å². The molecule has 152 valence electrons. The van der Waals surface area contributed by atoms with E-state index < -0.39 is 12.0 Å². The molecule has 1 spiro atoms. The second-order valence-electron chi connectivity index (χ2n) is 9.47. The van der Waals surface area contributed by atoms with Gasteiger partial charge in [0.15, 0.2) is 0 Å². The predicted molar refractivity (Wildman–Crippen MR) is 108 cm³/mol. The van der Waals surface area contributed by atoms with Gasteiger partial charge in [0.1, 0.15) is 6.04 Å². The fraction of sp³-hybridized carbons (Fsp3) is 0.652. The van der Waals surface area contributed by atoms with E-state index in [0.29, 0.717) is 18.9 Å². The van der Waals surface area contributed by atoms with Crippen molar-refractivity contribution in [2.45, 2.75) is 64.5 Å². The van der Waals surface area contributed by atoms with Gasteiger partial charge in [-0.3, -0.25) is 9.69 Å². The smallest absolute Gasteiger partial charge is 0.326 e. The van der Waals surface area contributed by atoms with Gasteiger partial charge in [0.25, 0.3) is 0 Å². The van der Waals surface area contributed by atoms with Crippen LogP contribution >= 0.6 is 0 Å². The highest BCUT2D eigenvalue weighted by Gasteiger charge is 2.51. The summed E-state index contributed by atoms with van der Waals surface area (Å²) < 4.78 is 0. The van der Waals surface area contributed by atoms with Gasteiger partial charge in [-0.1, -0.05) is 38.1 Å². The summed E-state index contributed by atoms with van der Waals surface area (Å²) in [4.78, 5) is 28.5. The summed E-state index contributed by atoms with van der Waals surface area (Å²) in [5.41, 5.74) is 2.69. The molecule has 28 heavy (non-hydrogen) atoms. The minimum atomic E-state index is -0.835. The number of aliphatic carboxylic acids is 1. The van der Waals surface area contributed by atoms with E-state index in [2.05, 4.69) is 43.0 Å². The predicted octanol–water partition coefficient (Wildman–Crippen LogP) is 3.49. The maximum absolute atomic E-state index is 12.6. The first-order valence-electron chi connectivity index (χ1n) is 10.7. The van der Waals surface area contributed by atoms with Gasteiger partial charge < -0.3 is 10.0 Å². The molecule has 0 bridgehead atoms.